The average Bonchev–Trinajstić information content (AvgIpc) is 2.92. The van der Waals surface area contributed by atoms with Gasteiger partial charge in [0.15, 0.2) is 0 Å². The second-order valence-electron chi connectivity index (χ2n) is 5.01. The molecule has 1 aliphatic heterocycles. The Morgan fingerprint density at radius 1 is 1.53 bits per heavy atom. The lowest BCUT2D eigenvalue weighted by Crippen LogP contribution is -2.41. The molecule has 1 heterocycles. The Bertz CT molecular complexity index is 405. The zero-order chi connectivity index (χ0) is 13.7. The van der Waals surface area contributed by atoms with Gasteiger partial charge < -0.3 is 14.8 Å². The van der Waals surface area contributed by atoms with Crippen LogP contribution in [0.4, 0.5) is 4.39 Å². The van der Waals surface area contributed by atoms with Crippen LogP contribution in [0.2, 0.25) is 0 Å². The number of hydrogen-bond acceptors (Lipinski definition) is 3. The van der Waals surface area contributed by atoms with E-state index in [4.69, 9.17) is 9.47 Å². The molecule has 0 radical (unpaired) electrons. The lowest BCUT2D eigenvalue weighted by molar-refractivity contribution is 0.161. The molecular formula is C15H22FNO2. The van der Waals surface area contributed by atoms with Crippen molar-refractivity contribution in [3.8, 4) is 5.75 Å². The van der Waals surface area contributed by atoms with Crippen molar-refractivity contribution < 1.29 is 13.9 Å². The maximum absolute atomic E-state index is 13.2. The highest BCUT2D eigenvalue weighted by Crippen LogP contribution is 2.20. The molecule has 0 amide bonds. The van der Waals surface area contributed by atoms with E-state index in [-0.39, 0.29) is 11.9 Å². The van der Waals surface area contributed by atoms with Crippen molar-refractivity contribution in [2.45, 2.75) is 26.3 Å². The summed E-state index contributed by atoms with van der Waals surface area (Å²) in [5, 5.41) is 3.44. The number of aryl methyl sites for hydroxylation is 1. The van der Waals surface area contributed by atoms with Crippen LogP contribution in [0.15, 0.2) is 18.2 Å². The third kappa shape index (κ3) is 3.91. The summed E-state index contributed by atoms with van der Waals surface area (Å²) in [6, 6.07) is 5.16. The Morgan fingerprint density at radius 3 is 3.00 bits per heavy atom. The van der Waals surface area contributed by atoms with Crippen LogP contribution in [0.1, 0.15) is 18.9 Å². The minimum atomic E-state index is -0.195. The first-order chi connectivity index (χ1) is 9.20. The second-order valence-corrected chi connectivity index (χ2v) is 5.01. The fourth-order valence-electron chi connectivity index (χ4n) is 2.39. The molecule has 2 atom stereocenters. The van der Waals surface area contributed by atoms with Gasteiger partial charge in [-0.2, -0.15) is 0 Å². The number of halogens is 1. The van der Waals surface area contributed by atoms with E-state index in [0.717, 1.165) is 31.9 Å². The molecule has 1 aromatic rings. The van der Waals surface area contributed by atoms with Crippen LogP contribution in [0, 0.1) is 18.7 Å². The maximum atomic E-state index is 13.2. The van der Waals surface area contributed by atoms with E-state index in [1.807, 2.05) is 0 Å². The van der Waals surface area contributed by atoms with Gasteiger partial charge >= 0.3 is 0 Å². The molecule has 1 fully saturated rings. The molecule has 106 valence electrons. The highest BCUT2D eigenvalue weighted by molar-refractivity contribution is 5.28. The first-order valence-electron chi connectivity index (χ1n) is 6.90. The van der Waals surface area contributed by atoms with Gasteiger partial charge in [0.05, 0.1) is 6.61 Å². The van der Waals surface area contributed by atoms with Crippen molar-refractivity contribution in [2.75, 3.05) is 26.4 Å². The highest BCUT2D eigenvalue weighted by atomic mass is 19.1. The topological polar surface area (TPSA) is 30.5 Å². The second kappa shape index (κ2) is 6.87. The Labute approximate surface area is 114 Å². The van der Waals surface area contributed by atoms with Gasteiger partial charge in [0.1, 0.15) is 18.2 Å². The summed E-state index contributed by atoms with van der Waals surface area (Å²) in [5.74, 6) is 1.03. The van der Waals surface area contributed by atoms with Crippen LogP contribution in [-0.4, -0.2) is 32.4 Å². The highest BCUT2D eigenvalue weighted by Gasteiger charge is 2.25. The summed E-state index contributed by atoms with van der Waals surface area (Å²) < 4.78 is 24.4. The summed E-state index contributed by atoms with van der Waals surface area (Å²) in [7, 11) is 0. The number of rotatable bonds is 6. The first-order valence-corrected chi connectivity index (χ1v) is 6.90. The summed E-state index contributed by atoms with van der Waals surface area (Å²) in [6.07, 6.45) is 1.07. The lowest BCUT2D eigenvalue weighted by atomic mass is 10.00. The molecule has 0 aromatic heterocycles. The van der Waals surface area contributed by atoms with Gasteiger partial charge in [-0.15, -0.1) is 0 Å². The molecule has 0 spiro atoms. The number of benzene rings is 1. The minimum Gasteiger partial charge on any atom is -0.492 e. The van der Waals surface area contributed by atoms with E-state index in [2.05, 4.69) is 12.2 Å². The zero-order valence-electron chi connectivity index (χ0n) is 11.6. The van der Waals surface area contributed by atoms with Crippen LogP contribution in [0.5, 0.6) is 5.75 Å². The van der Waals surface area contributed by atoms with Gasteiger partial charge in [0.25, 0.3) is 0 Å². The quantitative estimate of drug-likeness (QED) is 0.859. The predicted octanol–water partition coefficient (Wildman–Crippen LogP) is 2.53. The SMILES string of the molecule is CCNC(COc1ccc(F)c(C)c1)C1CCOC1. The predicted molar refractivity (Wildman–Crippen MR) is 73.0 cm³/mol. The average molecular weight is 267 g/mol. The molecule has 4 heteroatoms. The van der Waals surface area contributed by atoms with Gasteiger partial charge in [0, 0.05) is 18.6 Å². The van der Waals surface area contributed by atoms with E-state index < -0.39 is 0 Å². The fraction of sp³-hybridized carbons (Fsp3) is 0.600. The minimum absolute atomic E-state index is 0.195. The van der Waals surface area contributed by atoms with Crippen molar-refractivity contribution in [3.05, 3.63) is 29.6 Å². The van der Waals surface area contributed by atoms with Crippen molar-refractivity contribution in [2.24, 2.45) is 5.92 Å². The van der Waals surface area contributed by atoms with E-state index in [0.29, 0.717) is 18.1 Å². The molecular weight excluding hydrogens is 245 g/mol. The lowest BCUT2D eigenvalue weighted by Gasteiger charge is -2.23. The van der Waals surface area contributed by atoms with Gasteiger partial charge in [-0.3, -0.25) is 0 Å². The zero-order valence-corrected chi connectivity index (χ0v) is 11.6. The van der Waals surface area contributed by atoms with Crippen LogP contribution in [-0.2, 0) is 4.74 Å². The van der Waals surface area contributed by atoms with Gasteiger partial charge in [-0.25, -0.2) is 4.39 Å². The van der Waals surface area contributed by atoms with Crippen LogP contribution >= 0.6 is 0 Å². The van der Waals surface area contributed by atoms with Gasteiger partial charge in [-0.1, -0.05) is 6.92 Å². The number of nitrogens with one attached hydrogen (secondary N) is 1. The third-order valence-electron chi connectivity index (χ3n) is 3.56. The molecule has 1 aromatic carbocycles. The Balaban J connectivity index is 1.91. The number of hydrogen-bond donors (Lipinski definition) is 1. The third-order valence-corrected chi connectivity index (χ3v) is 3.56. The van der Waals surface area contributed by atoms with Gasteiger partial charge in [-0.05, 0) is 43.7 Å². The summed E-state index contributed by atoms with van der Waals surface area (Å²) >= 11 is 0. The number of ether oxygens (including phenoxy) is 2. The molecule has 1 saturated heterocycles. The smallest absolute Gasteiger partial charge is 0.126 e. The monoisotopic (exact) mass is 267 g/mol. The molecule has 2 rings (SSSR count). The molecule has 1 N–H and O–H groups in total. The van der Waals surface area contributed by atoms with Crippen molar-refractivity contribution in [1.29, 1.82) is 0 Å². The van der Waals surface area contributed by atoms with E-state index in [1.165, 1.54) is 6.07 Å². The molecule has 0 aliphatic carbocycles. The molecule has 0 saturated carbocycles. The van der Waals surface area contributed by atoms with Crippen molar-refractivity contribution in [1.82, 2.24) is 5.32 Å². The fourth-order valence-corrected chi connectivity index (χ4v) is 2.39. The Kier molecular flexibility index (Phi) is 5.16. The molecule has 2 unspecified atom stereocenters. The van der Waals surface area contributed by atoms with E-state index in [9.17, 15) is 4.39 Å². The molecule has 0 bridgehead atoms. The van der Waals surface area contributed by atoms with Crippen molar-refractivity contribution in [3.63, 3.8) is 0 Å². The first kappa shape index (κ1) is 14.3. The summed E-state index contributed by atoms with van der Waals surface area (Å²) in [6.45, 7) is 6.96. The molecule has 3 nitrogen and oxygen atoms in total. The van der Waals surface area contributed by atoms with Crippen LogP contribution in [0.3, 0.4) is 0 Å². The Morgan fingerprint density at radius 2 is 2.37 bits per heavy atom. The Hall–Kier alpha value is -1.13. The normalized spacial score (nSPS) is 20.5. The number of likely N-dealkylation sites (N-methyl/N-ethyl adjacent to an activating group) is 1. The largest absolute Gasteiger partial charge is 0.492 e. The van der Waals surface area contributed by atoms with Crippen LogP contribution < -0.4 is 10.1 Å². The van der Waals surface area contributed by atoms with E-state index in [1.54, 1.807) is 19.1 Å². The van der Waals surface area contributed by atoms with E-state index >= 15 is 0 Å². The summed E-state index contributed by atoms with van der Waals surface area (Å²) in [4.78, 5) is 0. The standard InChI is InChI=1S/C15H22FNO2/c1-3-17-15(12-6-7-18-9-12)10-19-13-4-5-14(16)11(2)8-13/h4-5,8,12,15,17H,3,6-7,9-10H2,1-2H3. The molecule has 1 aliphatic rings. The maximum Gasteiger partial charge on any atom is 0.126 e. The van der Waals surface area contributed by atoms with Crippen LogP contribution in [0.25, 0.3) is 0 Å². The molecule has 19 heavy (non-hydrogen) atoms. The summed E-state index contributed by atoms with van der Waals surface area (Å²) in [5.41, 5.74) is 0.613. The van der Waals surface area contributed by atoms with Crippen molar-refractivity contribution >= 4 is 0 Å². The van der Waals surface area contributed by atoms with Gasteiger partial charge in [0.2, 0.25) is 0 Å².